The Hall–Kier alpha value is -0.370. The van der Waals surface area contributed by atoms with Crippen LogP contribution in [-0.2, 0) is 0 Å². The van der Waals surface area contributed by atoms with Crippen LogP contribution in [0.1, 0.15) is 41.0 Å². The fourth-order valence-electron chi connectivity index (χ4n) is 1.26. The lowest BCUT2D eigenvalue weighted by atomic mass is 9.93. The molecule has 0 radical (unpaired) electrons. The van der Waals surface area contributed by atoms with Crippen molar-refractivity contribution in [2.45, 2.75) is 47.1 Å². The molecule has 0 aromatic rings. The fourth-order valence-corrected chi connectivity index (χ4v) is 1.26. The number of rotatable bonds is 5. The molecule has 0 fully saturated rings. The predicted molar refractivity (Wildman–Crippen MR) is 60.2 cm³/mol. The first-order chi connectivity index (χ1) is 6.00. The Labute approximate surface area is 82.6 Å². The van der Waals surface area contributed by atoms with Crippen LogP contribution in [0.5, 0.6) is 0 Å². The Morgan fingerprint density at radius 3 is 2.08 bits per heavy atom. The van der Waals surface area contributed by atoms with E-state index < -0.39 is 0 Å². The zero-order valence-corrected chi connectivity index (χ0v) is 9.67. The summed E-state index contributed by atoms with van der Waals surface area (Å²) in [6, 6.07) is 0.131. The molecule has 0 bridgehead atoms. The first-order valence-corrected chi connectivity index (χ1v) is 5.30. The molecule has 0 rings (SSSR count). The summed E-state index contributed by atoms with van der Waals surface area (Å²) in [7, 11) is 0. The lowest BCUT2D eigenvalue weighted by molar-refractivity contribution is 0.573. The van der Waals surface area contributed by atoms with E-state index >= 15 is 0 Å². The van der Waals surface area contributed by atoms with Gasteiger partial charge in [0.25, 0.3) is 0 Å². The third kappa shape index (κ3) is 4.41. The summed E-state index contributed by atoms with van der Waals surface area (Å²) in [6.07, 6.45) is 1.10. The van der Waals surface area contributed by atoms with Crippen molar-refractivity contribution in [3.63, 3.8) is 0 Å². The first-order valence-electron chi connectivity index (χ1n) is 5.30. The highest BCUT2D eigenvalue weighted by Gasteiger charge is 2.17. The van der Waals surface area contributed by atoms with E-state index in [1.807, 2.05) is 0 Å². The summed E-state index contributed by atoms with van der Waals surface area (Å²) in [5.41, 5.74) is 7.25. The van der Waals surface area contributed by atoms with Crippen molar-refractivity contribution >= 4 is 5.71 Å². The minimum Gasteiger partial charge on any atom is -0.323 e. The second-order valence-electron chi connectivity index (χ2n) is 4.23. The number of hydrogen-bond acceptors (Lipinski definition) is 2. The Morgan fingerprint density at radius 1 is 1.23 bits per heavy atom. The standard InChI is InChI=1S/C11H24N2/c1-6-7-13-11(9(4)5)10(12)8(2)3/h8-10H,6-7,12H2,1-5H3. The van der Waals surface area contributed by atoms with Gasteiger partial charge in [-0.1, -0.05) is 34.6 Å². The first kappa shape index (κ1) is 12.6. The van der Waals surface area contributed by atoms with Gasteiger partial charge in [0.2, 0.25) is 0 Å². The molecule has 2 nitrogen and oxygen atoms in total. The SMILES string of the molecule is CCCN=C(C(C)C)C(N)C(C)C. The van der Waals surface area contributed by atoms with E-state index in [0.29, 0.717) is 11.8 Å². The molecule has 0 saturated heterocycles. The van der Waals surface area contributed by atoms with Crippen molar-refractivity contribution in [2.24, 2.45) is 22.6 Å². The molecule has 0 aliphatic heterocycles. The number of nitrogens with two attached hydrogens (primary N) is 1. The Bertz CT molecular complexity index is 159. The molecule has 78 valence electrons. The van der Waals surface area contributed by atoms with Crippen LogP contribution in [0.15, 0.2) is 4.99 Å². The van der Waals surface area contributed by atoms with Gasteiger partial charge < -0.3 is 5.73 Å². The fraction of sp³-hybridized carbons (Fsp3) is 0.909. The van der Waals surface area contributed by atoms with Gasteiger partial charge >= 0.3 is 0 Å². The van der Waals surface area contributed by atoms with E-state index in [0.717, 1.165) is 13.0 Å². The van der Waals surface area contributed by atoms with Gasteiger partial charge in [0.15, 0.2) is 0 Å². The minimum atomic E-state index is 0.131. The van der Waals surface area contributed by atoms with Crippen LogP contribution < -0.4 is 5.73 Å². The smallest absolute Gasteiger partial charge is 0.0451 e. The minimum absolute atomic E-state index is 0.131. The van der Waals surface area contributed by atoms with Crippen LogP contribution in [-0.4, -0.2) is 18.3 Å². The Kier molecular flexibility index (Phi) is 5.97. The zero-order chi connectivity index (χ0) is 10.4. The molecular formula is C11H24N2. The third-order valence-corrected chi connectivity index (χ3v) is 2.17. The zero-order valence-electron chi connectivity index (χ0n) is 9.67. The molecule has 0 saturated carbocycles. The maximum atomic E-state index is 6.07. The van der Waals surface area contributed by atoms with Gasteiger partial charge in [-0.05, 0) is 18.3 Å². The van der Waals surface area contributed by atoms with Crippen molar-refractivity contribution in [3.8, 4) is 0 Å². The van der Waals surface area contributed by atoms with E-state index in [2.05, 4.69) is 39.6 Å². The molecule has 0 heterocycles. The summed E-state index contributed by atoms with van der Waals surface area (Å²) >= 11 is 0. The molecule has 0 aromatic carbocycles. The van der Waals surface area contributed by atoms with Crippen LogP contribution in [0.3, 0.4) is 0 Å². The van der Waals surface area contributed by atoms with Gasteiger partial charge in [-0.3, -0.25) is 4.99 Å². The molecule has 0 aliphatic rings. The number of aliphatic imine (C=N–C) groups is 1. The predicted octanol–water partition coefficient (Wildman–Crippen LogP) is 2.48. The molecule has 0 spiro atoms. The topological polar surface area (TPSA) is 38.4 Å². The van der Waals surface area contributed by atoms with Crippen molar-refractivity contribution in [1.29, 1.82) is 0 Å². The molecular weight excluding hydrogens is 160 g/mol. The maximum Gasteiger partial charge on any atom is 0.0451 e. The monoisotopic (exact) mass is 184 g/mol. The van der Waals surface area contributed by atoms with Crippen LogP contribution in [0.25, 0.3) is 0 Å². The molecule has 0 aromatic heterocycles. The van der Waals surface area contributed by atoms with Crippen molar-refractivity contribution in [2.75, 3.05) is 6.54 Å². The highest BCUT2D eigenvalue weighted by molar-refractivity contribution is 5.91. The third-order valence-electron chi connectivity index (χ3n) is 2.17. The van der Waals surface area contributed by atoms with Crippen LogP contribution >= 0.6 is 0 Å². The number of nitrogens with zero attached hydrogens (tertiary/aromatic N) is 1. The van der Waals surface area contributed by atoms with E-state index in [9.17, 15) is 0 Å². The molecule has 1 atom stereocenters. The highest BCUT2D eigenvalue weighted by Crippen LogP contribution is 2.08. The van der Waals surface area contributed by atoms with E-state index in [1.54, 1.807) is 0 Å². The van der Waals surface area contributed by atoms with Crippen molar-refractivity contribution in [3.05, 3.63) is 0 Å². The number of hydrogen-bond donors (Lipinski definition) is 1. The summed E-state index contributed by atoms with van der Waals surface area (Å²) < 4.78 is 0. The van der Waals surface area contributed by atoms with E-state index in [1.165, 1.54) is 5.71 Å². The van der Waals surface area contributed by atoms with Crippen molar-refractivity contribution in [1.82, 2.24) is 0 Å². The molecule has 2 N–H and O–H groups in total. The van der Waals surface area contributed by atoms with Gasteiger partial charge in [0.1, 0.15) is 0 Å². The second-order valence-corrected chi connectivity index (χ2v) is 4.23. The lowest BCUT2D eigenvalue weighted by Gasteiger charge is -2.21. The summed E-state index contributed by atoms with van der Waals surface area (Å²) in [6.45, 7) is 11.7. The van der Waals surface area contributed by atoms with Crippen molar-refractivity contribution < 1.29 is 0 Å². The molecule has 2 heteroatoms. The Balaban J connectivity index is 4.41. The van der Waals surface area contributed by atoms with Crippen LogP contribution in [0.4, 0.5) is 0 Å². The average molecular weight is 184 g/mol. The quantitative estimate of drug-likeness (QED) is 0.655. The van der Waals surface area contributed by atoms with E-state index in [4.69, 9.17) is 5.73 Å². The highest BCUT2D eigenvalue weighted by atomic mass is 14.8. The van der Waals surface area contributed by atoms with Crippen LogP contribution in [0.2, 0.25) is 0 Å². The van der Waals surface area contributed by atoms with Gasteiger partial charge in [-0.2, -0.15) is 0 Å². The maximum absolute atomic E-state index is 6.07. The van der Waals surface area contributed by atoms with E-state index in [-0.39, 0.29) is 6.04 Å². The van der Waals surface area contributed by atoms with Crippen LogP contribution in [0, 0.1) is 11.8 Å². The lowest BCUT2D eigenvalue weighted by Crippen LogP contribution is -2.38. The summed E-state index contributed by atoms with van der Waals surface area (Å²) in [5, 5.41) is 0. The second kappa shape index (κ2) is 6.14. The van der Waals surface area contributed by atoms with Gasteiger partial charge in [0, 0.05) is 18.3 Å². The normalized spacial score (nSPS) is 15.5. The molecule has 13 heavy (non-hydrogen) atoms. The van der Waals surface area contributed by atoms with Gasteiger partial charge in [-0.15, -0.1) is 0 Å². The average Bonchev–Trinajstić information content (AvgIpc) is 2.04. The van der Waals surface area contributed by atoms with Gasteiger partial charge in [0.05, 0.1) is 0 Å². The molecule has 0 amide bonds. The van der Waals surface area contributed by atoms with Gasteiger partial charge in [-0.25, -0.2) is 0 Å². The Morgan fingerprint density at radius 2 is 1.77 bits per heavy atom. The molecule has 1 unspecified atom stereocenters. The largest absolute Gasteiger partial charge is 0.323 e. The molecule has 0 aliphatic carbocycles. The summed E-state index contributed by atoms with van der Waals surface area (Å²) in [5.74, 6) is 0.960. The summed E-state index contributed by atoms with van der Waals surface area (Å²) in [4.78, 5) is 4.55.